The fourth-order valence-electron chi connectivity index (χ4n) is 0.847. The van der Waals surface area contributed by atoms with Gasteiger partial charge in [-0.3, -0.25) is 5.32 Å². The number of nitrogens with one attached hydrogen (secondary N) is 1. The lowest BCUT2D eigenvalue weighted by molar-refractivity contribution is 0.783. The Kier molecular flexibility index (Phi) is 0.927. The van der Waals surface area contributed by atoms with E-state index in [4.69, 9.17) is 0 Å². The summed E-state index contributed by atoms with van der Waals surface area (Å²) in [6, 6.07) is 0. The largest absolute Gasteiger partial charge is 0.292 e. The van der Waals surface area contributed by atoms with E-state index in [0.29, 0.717) is 6.67 Å². The molecular formula is C5H6N4. The van der Waals surface area contributed by atoms with Crippen molar-refractivity contribution in [2.45, 2.75) is 0 Å². The minimum atomic E-state index is 0.672. The first-order chi connectivity index (χ1) is 4.47. The van der Waals surface area contributed by atoms with E-state index in [9.17, 15) is 0 Å². The molecule has 0 radical (unpaired) electrons. The Hall–Kier alpha value is -1.03. The van der Waals surface area contributed by atoms with Crippen LogP contribution in [-0.2, 0) is 0 Å². The molecule has 0 saturated carbocycles. The van der Waals surface area contributed by atoms with Crippen molar-refractivity contribution in [3.05, 3.63) is 0 Å². The van der Waals surface area contributed by atoms with Crippen LogP contribution in [-0.4, -0.2) is 31.1 Å². The van der Waals surface area contributed by atoms with Crippen molar-refractivity contribution < 1.29 is 0 Å². The predicted molar refractivity (Wildman–Crippen MR) is 36.2 cm³/mol. The fourth-order valence-corrected chi connectivity index (χ4v) is 0.847. The van der Waals surface area contributed by atoms with Gasteiger partial charge in [-0.25, -0.2) is 15.0 Å². The van der Waals surface area contributed by atoms with Crippen LogP contribution in [0.1, 0.15) is 0 Å². The van der Waals surface area contributed by atoms with Crippen LogP contribution in [0.5, 0.6) is 0 Å². The third-order valence-corrected chi connectivity index (χ3v) is 1.28. The van der Waals surface area contributed by atoms with Crippen LogP contribution in [0.2, 0.25) is 0 Å². The minimum absolute atomic E-state index is 0.672. The van der Waals surface area contributed by atoms with Crippen LogP contribution in [0.25, 0.3) is 0 Å². The Bertz CT molecular complexity index is 213. The topological polar surface area (TPSA) is 49.1 Å². The molecule has 0 unspecified atom stereocenters. The van der Waals surface area contributed by atoms with Crippen molar-refractivity contribution in [3.63, 3.8) is 0 Å². The molecule has 2 heterocycles. The lowest BCUT2D eigenvalue weighted by Gasteiger charge is -2.07. The second-order valence-corrected chi connectivity index (χ2v) is 1.89. The molecule has 2 aliphatic heterocycles. The first kappa shape index (κ1) is 4.81. The van der Waals surface area contributed by atoms with E-state index in [1.165, 1.54) is 0 Å². The zero-order valence-electron chi connectivity index (χ0n) is 4.83. The van der Waals surface area contributed by atoms with Crippen LogP contribution in [0, 0.1) is 0 Å². The van der Waals surface area contributed by atoms with Gasteiger partial charge in [0.2, 0.25) is 0 Å². The molecule has 0 aromatic rings. The van der Waals surface area contributed by atoms with Crippen molar-refractivity contribution in [2.24, 2.45) is 15.0 Å². The molecule has 0 fully saturated rings. The lowest BCUT2D eigenvalue weighted by atomic mass is 10.3. The van der Waals surface area contributed by atoms with Crippen molar-refractivity contribution in [2.75, 3.05) is 13.2 Å². The Morgan fingerprint density at radius 1 is 1.56 bits per heavy atom. The van der Waals surface area contributed by atoms with E-state index in [0.717, 1.165) is 18.1 Å². The van der Waals surface area contributed by atoms with Gasteiger partial charge < -0.3 is 0 Å². The van der Waals surface area contributed by atoms with Gasteiger partial charge in [-0.15, -0.1) is 0 Å². The average Bonchev–Trinajstić information content (AvgIpc) is 2.33. The van der Waals surface area contributed by atoms with Crippen LogP contribution in [0.4, 0.5) is 0 Å². The molecule has 9 heavy (non-hydrogen) atoms. The molecule has 2 aliphatic rings. The van der Waals surface area contributed by atoms with Crippen LogP contribution < -0.4 is 5.32 Å². The monoisotopic (exact) mass is 122 g/mol. The van der Waals surface area contributed by atoms with E-state index in [1.807, 2.05) is 0 Å². The second kappa shape index (κ2) is 1.73. The Morgan fingerprint density at radius 3 is 3.44 bits per heavy atom. The van der Waals surface area contributed by atoms with E-state index in [-0.39, 0.29) is 0 Å². The summed E-state index contributed by atoms with van der Waals surface area (Å²) in [5, 5.41) is 3.06. The average molecular weight is 122 g/mol. The number of aliphatic imine (C=N–C) groups is 3. The van der Waals surface area contributed by atoms with Gasteiger partial charge in [0.1, 0.15) is 12.1 Å². The van der Waals surface area contributed by atoms with Gasteiger partial charge in [0.25, 0.3) is 0 Å². The number of rotatable bonds is 0. The number of fused-ring (bicyclic) bond motifs is 1. The predicted octanol–water partition coefficient (Wildman–Crippen LogP) is -0.572. The highest BCUT2D eigenvalue weighted by molar-refractivity contribution is 6.47. The molecule has 4 nitrogen and oxygen atoms in total. The van der Waals surface area contributed by atoms with Crippen molar-refractivity contribution in [3.8, 4) is 0 Å². The summed E-state index contributed by atoms with van der Waals surface area (Å²) in [6.07, 6.45) is 1.54. The zero-order valence-corrected chi connectivity index (χ0v) is 4.83. The standard InChI is InChI=1S/C5H6N4/c1-4-5(8-2-6-1)9-3-7-4/h3,6H,1-2H2. The van der Waals surface area contributed by atoms with Crippen LogP contribution in [0.3, 0.4) is 0 Å². The van der Waals surface area contributed by atoms with Gasteiger partial charge in [-0.05, 0) is 0 Å². The SMILES string of the molecule is C1=NC2=NCNCC2=N1. The molecule has 0 atom stereocenters. The quantitative estimate of drug-likeness (QED) is 0.459. The first-order valence-corrected chi connectivity index (χ1v) is 2.81. The molecule has 4 heteroatoms. The molecule has 46 valence electrons. The normalized spacial score (nSPS) is 23.1. The fraction of sp³-hybridized carbons (Fsp3) is 0.400. The highest BCUT2D eigenvalue weighted by Crippen LogP contribution is 1.96. The number of hydrogen-bond donors (Lipinski definition) is 1. The summed E-state index contributed by atoms with van der Waals surface area (Å²) in [5.41, 5.74) is 0.959. The van der Waals surface area contributed by atoms with Gasteiger partial charge >= 0.3 is 0 Å². The number of nitrogens with zero attached hydrogens (tertiary/aromatic N) is 3. The van der Waals surface area contributed by atoms with E-state index < -0.39 is 0 Å². The molecule has 0 spiro atoms. The maximum absolute atomic E-state index is 4.07. The maximum Gasteiger partial charge on any atom is 0.173 e. The molecule has 2 rings (SSSR count). The zero-order chi connectivity index (χ0) is 6.10. The molecule has 0 aromatic heterocycles. The molecular weight excluding hydrogens is 116 g/mol. The summed E-state index contributed by atoms with van der Waals surface area (Å²) < 4.78 is 0. The Labute approximate surface area is 52.4 Å². The lowest BCUT2D eigenvalue weighted by Crippen LogP contribution is -2.32. The summed E-state index contributed by atoms with van der Waals surface area (Å²) in [5.74, 6) is 0.800. The van der Waals surface area contributed by atoms with E-state index in [2.05, 4.69) is 20.3 Å². The molecule has 0 saturated heterocycles. The maximum atomic E-state index is 4.07. The first-order valence-electron chi connectivity index (χ1n) is 2.81. The third-order valence-electron chi connectivity index (χ3n) is 1.28. The molecule has 0 aromatic carbocycles. The van der Waals surface area contributed by atoms with Gasteiger partial charge in [0.15, 0.2) is 5.84 Å². The van der Waals surface area contributed by atoms with Gasteiger partial charge in [-0.2, -0.15) is 0 Å². The second-order valence-electron chi connectivity index (χ2n) is 1.89. The summed E-state index contributed by atoms with van der Waals surface area (Å²) in [6.45, 7) is 1.48. The molecule has 0 aliphatic carbocycles. The van der Waals surface area contributed by atoms with Gasteiger partial charge in [0, 0.05) is 6.54 Å². The smallest absolute Gasteiger partial charge is 0.173 e. The number of hydrogen-bond acceptors (Lipinski definition) is 4. The van der Waals surface area contributed by atoms with Crippen molar-refractivity contribution in [1.82, 2.24) is 5.32 Å². The molecule has 0 amide bonds. The molecule has 0 bridgehead atoms. The van der Waals surface area contributed by atoms with Gasteiger partial charge in [-0.1, -0.05) is 0 Å². The highest BCUT2D eigenvalue weighted by Gasteiger charge is 2.13. The number of amidine groups is 1. The minimum Gasteiger partial charge on any atom is -0.292 e. The van der Waals surface area contributed by atoms with Gasteiger partial charge in [0.05, 0.1) is 6.67 Å². The van der Waals surface area contributed by atoms with Crippen LogP contribution >= 0.6 is 0 Å². The van der Waals surface area contributed by atoms with Crippen molar-refractivity contribution >= 4 is 17.9 Å². The summed E-state index contributed by atoms with van der Waals surface area (Å²) in [7, 11) is 0. The van der Waals surface area contributed by atoms with E-state index >= 15 is 0 Å². The van der Waals surface area contributed by atoms with Crippen molar-refractivity contribution in [1.29, 1.82) is 0 Å². The molecule has 1 N–H and O–H groups in total. The summed E-state index contributed by atoms with van der Waals surface area (Å²) in [4.78, 5) is 12.0. The Balaban J connectivity index is 2.38. The van der Waals surface area contributed by atoms with E-state index in [1.54, 1.807) is 6.34 Å². The highest BCUT2D eigenvalue weighted by atomic mass is 15.1. The Morgan fingerprint density at radius 2 is 2.56 bits per heavy atom. The van der Waals surface area contributed by atoms with Crippen LogP contribution in [0.15, 0.2) is 15.0 Å². The summed E-state index contributed by atoms with van der Waals surface area (Å²) >= 11 is 0. The third kappa shape index (κ3) is 0.675.